The molecule has 0 bridgehead atoms. The number of anilines is 1. The van der Waals surface area contributed by atoms with Crippen molar-refractivity contribution >= 4 is 17.6 Å². The average molecular weight is 221 g/mol. The molecular formula is C12H15NO3. The lowest BCUT2D eigenvalue weighted by Gasteiger charge is -2.17. The summed E-state index contributed by atoms with van der Waals surface area (Å²) in [7, 11) is 0. The number of hydrogen-bond donors (Lipinski definition) is 2. The number of amides is 1. The molecule has 0 heterocycles. The fourth-order valence-electron chi connectivity index (χ4n) is 1.05. The Hall–Kier alpha value is -1.84. The number of carboxylic acid groups (broad SMARTS) is 1. The quantitative estimate of drug-likeness (QED) is 0.805. The van der Waals surface area contributed by atoms with Crippen molar-refractivity contribution in [2.24, 2.45) is 5.41 Å². The number of aromatic carboxylic acids is 1. The SMILES string of the molecule is CC(C)(C)C(=O)Nc1cccc(C(=O)O)c1. The Bertz CT molecular complexity index is 419. The molecule has 0 aromatic heterocycles. The zero-order chi connectivity index (χ0) is 12.3. The summed E-state index contributed by atoms with van der Waals surface area (Å²) in [5.41, 5.74) is 0.158. The molecule has 16 heavy (non-hydrogen) atoms. The van der Waals surface area contributed by atoms with Gasteiger partial charge in [0, 0.05) is 11.1 Å². The standard InChI is InChI=1S/C12H15NO3/c1-12(2,3)11(16)13-9-6-4-5-8(7-9)10(14)15/h4-7H,1-3H3,(H,13,16)(H,14,15). The molecule has 0 spiro atoms. The van der Waals surface area contributed by atoms with E-state index >= 15 is 0 Å². The van der Waals surface area contributed by atoms with Crippen molar-refractivity contribution in [3.8, 4) is 0 Å². The summed E-state index contributed by atoms with van der Waals surface area (Å²) in [5.74, 6) is -1.15. The minimum absolute atomic E-state index is 0.143. The highest BCUT2D eigenvalue weighted by Crippen LogP contribution is 2.18. The predicted octanol–water partition coefficient (Wildman–Crippen LogP) is 2.37. The average Bonchev–Trinajstić information content (AvgIpc) is 2.16. The van der Waals surface area contributed by atoms with Gasteiger partial charge in [-0.25, -0.2) is 4.79 Å². The van der Waals surface area contributed by atoms with Gasteiger partial charge in [0.1, 0.15) is 0 Å². The Kier molecular flexibility index (Phi) is 3.32. The van der Waals surface area contributed by atoms with E-state index in [0.29, 0.717) is 5.69 Å². The molecule has 0 aliphatic carbocycles. The van der Waals surface area contributed by atoms with Crippen LogP contribution in [0.2, 0.25) is 0 Å². The third kappa shape index (κ3) is 3.08. The van der Waals surface area contributed by atoms with Gasteiger partial charge in [-0.15, -0.1) is 0 Å². The number of nitrogens with one attached hydrogen (secondary N) is 1. The third-order valence-corrected chi connectivity index (χ3v) is 2.05. The summed E-state index contributed by atoms with van der Waals surface area (Å²) in [6.45, 7) is 5.39. The lowest BCUT2D eigenvalue weighted by Crippen LogP contribution is -2.27. The normalized spacial score (nSPS) is 10.9. The molecule has 4 heteroatoms. The van der Waals surface area contributed by atoms with Crippen molar-refractivity contribution in [2.75, 3.05) is 5.32 Å². The van der Waals surface area contributed by atoms with Gasteiger partial charge in [-0.2, -0.15) is 0 Å². The van der Waals surface area contributed by atoms with Crippen LogP contribution >= 0.6 is 0 Å². The van der Waals surface area contributed by atoms with Crippen LogP contribution in [0.3, 0.4) is 0 Å². The predicted molar refractivity (Wildman–Crippen MR) is 61.5 cm³/mol. The summed E-state index contributed by atoms with van der Waals surface area (Å²) < 4.78 is 0. The Balaban J connectivity index is 2.87. The maximum Gasteiger partial charge on any atom is 0.335 e. The van der Waals surface area contributed by atoms with Gasteiger partial charge < -0.3 is 10.4 Å². The fraction of sp³-hybridized carbons (Fsp3) is 0.333. The number of carbonyl (C=O) groups is 2. The van der Waals surface area contributed by atoms with Crippen molar-refractivity contribution in [2.45, 2.75) is 20.8 Å². The molecular weight excluding hydrogens is 206 g/mol. The molecule has 0 fully saturated rings. The zero-order valence-electron chi connectivity index (χ0n) is 9.57. The molecule has 1 amide bonds. The molecule has 0 radical (unpaired) electrons. The molecule has 2 N–H and O–H groups in total. The molecule has 1 aromatic carbocycles. The van der Waals surface area contributed by atoms with Crippen LogP contribution < -0.4 is 5.32 Å². The number of benzene rings is 1. The lowest BCUT2D eigenvalue weighted by atomic mass is 9.95. The Morgan fingerprint density at radius 2 is 1.88 bits per heavy atom. The monoisotopic (exact) mass is 221 g/mol. The third-order valence-electron chi connectivity index (χ3n) is 2.05. The highest BCUT2D eigenvalue weighted by Gasteiger charge is 2.21. The van der Waals surface area contributed by atoms with Gasteiger partial charge in [0.05, 0.1) is 5.56 Å². The van der Waals surface area contributed by atoms with Crippen LogP contribution in [0.5, 0.6) is 0 Å². The molecule has 0 saturated carbocycles. The minimum Gasteiger partial charge on any atom is -0.478 e. The van der Waals surface area contributed by atoms with E-state index in [2.05, 4.69) is 5.32 Å². The number of hydrogen-bond acceptors (Lipinski definition) is 2. The van der Waals surface area contributed by atoms with E-state index in [1.165, 1.54) is 12.1 Å². The van der Waals surface area contributed by atoms with Crippen LogP contribution in [0.15, 0.2) is 24.3 Å². The van der Waals surface area contributed by atoms with Crippen molar-refractivity contribution in [1.29, 1.82) is 0 Å². The van der Waals surface area contributed by atoms with E-state index < -0.39 is 11.4 Å². The van der Waals surface area contributed by atoms with Crippen LogP contribution in [0.1, 0.15) is 31.1 Å². The molecule has 0 atom stereocenters. The Morgan fingerprint density at radius 3 is 2.38 bits per heavy atom. The van der Waals surface area contributed by atoms with Gasteiger partial charge in [-0.05, 0) is 18.2 Å². The second kappa shape index (κ2) is 4.35. The molecule has 1 rings (SSSR count). The summed E-state index contributed by atoms with van der Waals surface area (Å²) >= 11 is 0. The van der Waals surface area contributed by atoms with E-state index in [1.807, 2.05) is 0 Å². The van der Waals surface area contributed by atoms with E-state index in [0.717, 1.165) is 0 Å². The molecule has 0 aliphatic heterocycles. The van der Waals surface area contributed by atoms with Crippen molar-refractivity contribution < 1.29 is 14.7 Å². The van der Waals surface area contributed by atoms with Gasteiger partial charge >= 0.3 is 5.97 Å². The maximum atomic E-state index is 11.7. The largest absolute Gasteiger partial charge is 0.478 e. The van der Waals surface area contributed by atoms with Crippen molar-refractivity contribution in [3.63, 3.8) is 0 Å². The van der Waals surface area contributed by atoms with Crippen molar-refractivity contribution in [1.82, 2.24) is 0 Å². The molecule has 0 aliphatic rings. The van der Waals surface area contributed by atoms with Crippen LogP contribution in [-0.4, -0.2) is 17.0 Å². The topological polar surface area (TPSA) is 66.4 Å². The van der Waals surface area contributed by atoms with Crippen LogP contribution in [0.4, 0.5) is 5.69 Å². The van der Waals surface area contributed by atoms with Crippen LogP contribution in [0.25, 0.3) is 0 Å². The number of rotatable bonds is 2. The second-order valence-corrected chi connectivity index (χ2v) is 4.59. The molecule has 0 unspecified atom stereocenters. The molecule has 0 saturated heterocycles. The molecule has 1 aromatic rings. The summed E-state index contributed by atoms with van der Waals surface area (Å²) in [5, 5.41) is 11.5. The van der Waals surface area contributed by atoms with Gasteiger partial charge in [0.2, 0.25) is 5.91 Å². The zero-order valence-corrected chi connectivity index (χ0v) is 9.57. The van der Waals surface area contributed by atoms with Crippen LogP contribution in [-0.2, 0) is 4.79 Å². The van der Waals surface area contributed by atoms with Gasteiger partial charge in [0.25, 0.3) is 0 Å². The van der Waals surface area contributed by atoms with Gasteiger partial charge in [-0.1, -0.05) is 26.8 Å². The Morgan fingerprint density at radius 1 is 1.25 bits per heavy atom. The Labute approximate surface area is 94.3 Å². The molecule has 86 valence electrons. The van der Waals surface area contributed by atoms with E-state index in [1.54, 1.807) is 32.9 Å². The maximum absolute atomic E-state index is 11.7. The van der Waals surface area contributed by atoms with Gasteiger partial charge in [-0.3, -0.25) is 4.79 Å². The lowest BCUT2D eigenvalue weighted by molar-refractivity contribution is -0.123. The number of carbonyl (C=O) groups excluding carboxylic acids is 1. The number of carboxylic acids is 1. The van der Waals surface area contributed by atoms with E-state index in [-0.39, 0.29) is 11.5 Å². The highest BCUT2D eigenvalue weighted by atomic mass is 16.4. The first-order valence-electron chi connectivity index (χ1n) is 4.95. The summed E-state index contributed by atoms with van der Waals surface area (Å²) in [4.78, 5) is 22.4. The first kappa shape index (κ1) is 12.2. The fourth-order valence-corrected chi connectivity index (χ4v) is 1.05. The summed E-state index contributed by atoms with van der Waals surface area (Å²) in [6, 6.07) is 6.18. The van der Waals surface area contributed by atoms with Crippen molar-refractivity contribution in [3.05, 3.63) is 29.8 Å². The van der Waals surface area contributed by atoms with E-state index in [4.69, 9.17) is 5.11 Å². The highest BCUT2D eigenvalue weighted by molar-refractivity contribution is 5.96. The van der Waals surface area contributed by atoms with Gasteiger partial charge in [0.15, 0.2) is 0 Å². The first-order chi connectivity index (χ1) is 7.30. The minimum atomic E-state index is -1.01. The smallest absolute Gasteiger partial charge is 0.335 e. The second-order valence-electron chi connectivity index (χ2n) is 4.59. The molecule has 4 nitrogen and oxygen atoms in total. The summed E-state index contributed by atoms with van der Waals surface area (Å²) in [6.07, 6.45) is 0. The first-order valence-corrected chi connectivity index (χ1v) is 4.95. The van der Waals surface area contributed by atoms with E-state index in [9.17, 15) is 9.59 Å². The van der Waals surface area contributed by atoms with Crippen LogP contribution in [0, 0.1) is 5.41 Å².